The quantitative estimate of drug-likeness (QED) is 0.298. The van der Waals surface area contributed by atoms with Crippen molar-refractivity contribution < 1.29 is 9.53 Å². The highest BCUT2D eigenvalue weighted by Gasteiger charge is 2.34. The molecule has 1 atom stereocenters. The summed E-state index contributed by atoms with van der Waals surface area (Å²) in [7, 11) is 1.60. The minimum Gasteiger partial charge on any atom is -0.495 e. The highest BCUT2D eigenvalue weighted by molar-refractivity contribution is 5.80. The van der Waals surface area contributed by atoms with Crippen molar-refractivity contribution in [2.24, 2.45) is 5.92 Å². The summed E-state index contributed by atoms with van der Waals surface area (Å²) in [6.45, 7) is 2.52. The lowest BCUT2D eigenvalue weighted by atomic mass is 10.0. The van der Waals surface area contributed by atoms with Gasteiger partial charge in [-0.15, -0.1) is 0 Å². The zero-order valence-electron chi connectivity index (χ0n) is 21.5. The number of benzene rings is 3. The molecule has 4 aromatic rings. The first-order chi connectivity index (χ1) is 18.1. The lowest BCUT2D eigenvalue weighted by Gasteiger charge is -2.34. The number of amides is 1. The molecule has 0 bridgehead atoms. The van der Waals surface area contributed by atoms with E-state index in [1.54, 1.807) is 17.7 Å². The Balaban J connectivity index is 1.73. The van der Waals surface area contributed by atoms with Crippen molar-refractivity contribution in [1.29, 1.82) is 0 Å². The van der Waals surface area contributed by atoms with Gasteiger partial charge in [0.05, 0.1) is 29.7 Å². The van der Waals surface area contributed by atoms with E-state index in [2.05, 4.69) is 6.92 Å². The summed E-state index contributed by atoms with van der Waals surface area (Å²) < 4.78 is 7.30. The Morgan fingerprint density at radius 2 is 1.68 bits per heavy atom. The first-order valence-corrected chi connectivity index (χ1v) is 13.1. The Labute approximate surface area is 217 Å². The number of fused-ring (bicyclic) bond motifs is 1. The number of carbonyl (C=O) groups excluding carboxylic acids is 1. The van der Waals surface area contributed by atoms with Gasteiger partial charge in [-0.1, -0.05) is 74.4 Å². The van der Waals surface area contributed by atoms with Gasteiger partial charge in [-0.3, -0.25) is 14.2 Å². The molecule has 1 fully saturated rings. The van der Waals surface area contributed by atoms with E-state index in [-0.39, 0.29) is 17.4 Å². The summed E-state index contributed by atoms with van der Waals surface area (Å²) in [5, 5.41) is 0.531. The second-order valence-electron chi connectivity index (χ2n) is 9.66. The van der Waals surface area contributed by atoms with E-state index in [4.69, 9.17) is 9.72 Å². The zero-order valence-corrected chi connectivity index (χ0v) is 21.5. The van der Waals surface area contributed by atoms with E-state index in [1.807, 2.05) is 77.7 Å². The molecule has 0 N–H and O–H groups in total. The van der Waals surface area contributed by atoms with Gasteiger partial charge in [-0.05, 0) is 49.1 Å². The van der Waals surface area contributed by atoms with E-state index < -0.39 is 6.04 Å². The highest BCUT2D eigenvalue weighted by Crippen LogP contribution is 2.34. The van der Waals surface area contributed by atoms with E-state index in [1.165, 1.54) is 0 Å². The molecule has 1 unspecified atom stereocenters. The largest absolute Gasteiger partial charge is 0.495 e. The molecule has 1 amide bonds. The number of hydrogen-bond acceptors (Lipinski definition) is 4. The third-order valence-corrected chi connectivity index (χ3v) is 7.37. The first kappa shape index (κ1) is 24.8. The SMILES string of the molecule is CCC(c1nc2ccccc2c(=O)n1-c1ccccc1OC)N(Cc1ccccc1)C(=O)C1CCCC1. The zero-order chi connectivity index (χ0) is 25.8. The number of ether oxygens (including phenoxy) is 1. The maximum absolute atomic E-state index is 14.0. The second kappa shape index (κ2) is 11.0. The molecule has 1 aromatic heterocycles. The van der Waals surface area contributed by atoms with Crippen LogP contribution in [0.2, 0.25) is 0 Å². The molecule has 1 heterocycles. The predicted octanol–water partition coefficient (Wildman–Crippen LogP) is 6.06. The minimum absolute atomic E-state index is 0.00431. The average molecular weight is 496 g/mol. The van der Waals surface area contributed by atoms with Crippen LogP contribution in [0.5, 0.6) is 5.75 Å². The molecule has 0 radical (unpaired) electrons. The van der Waals surface area contributed by atoms with Gasteiger partial charge in [0.15, 0.2) is 0 Å². The number of para-hydroxylation sites is 3. The molecule has 0 saturated heterocycles. The van der Waals surface area contributed by atoms with Gasteiger partial charge in [0.1, 0.15) is 11.6 Å². The molecule has 6 heteroatoms. The van der Waals surface area contributed by atoms with Gasteiger partial charge in [0, 0.05) is 12.5 Å². The molecule has 3 aromatic carbocycles. The Kier molecular flexibility index (Phi) is 7.35. The van der Waals surface area contributed by atoms with Crippen molar-refractivity contribution in [2.75, 3.05) is 7.11 Å². The Bertz CT molecular complexity index is 1440. The highest BCUT2D eigenvalue weighted by atomic mass is 16.5. The Morgan fingerprint density at radius 3 is 2.41 bits per heavy atom. The van der Waals surface area contributed by atoms with Crippen LogP contribution in [0.25, 0.3) is 16.6 Å². The standard InChI is InChI=1S/C31H33N3O3/c1-3-26(33(21-22-13-5-4-6-14-22)30(35)23-15-7-8-16-23)29-32-25-18-10-9-17-24(25)31(36)34(29)27-19-11-12-20-28(27)37-2/h4-6,9-14,17-20,23,26H,3,7-8,15-16,21H2,1-2H3. The number of carbonyl (C=O) groups is 1. The maximum atomic E-state index is 14.0. The van der Waals surface area contributed by atoms with Crippen LogP contribution in [0.4, 0.5) is 0 Å². The van der Waals surface area contributed by atoms with Crippen molar-refractivity contribution in [1.82, 2.24) is 14.5 Å². The van der Waals surface area contributed by atoms with Crippen LogP contribution in [0.15, 0.2) is 83.7 Å². The van der Waals surface area contributed by atoms with Crippen molar-refractivity contribution in [3.05, 3.63) is 101 Å². The molecule has 1 saturated carbocycles. The number of nitrogens with zero attached hydrogens (tertiary/aromatic N) is 3. The van der Waals surface area contributed by atoms with Crippen molar-refractivity contribution in [3.8, 4) is 11.4 Å². The minimum atomic E-state index is -0.393. The lowest BCUT2D eigenvalue weighted by Crippen LogP contribution is -2.40. The third-order valence-electron chi connectivity index (χ3n) is 7.37. The second-order valence-corrected chi connectivity index (χ2v) is 9.66. The maximum Gasteiger partial charge on any atom is 0.266 e. The fourth-order valence-electron chi connectivity index (χ4n) is 5.49. The van der Waals surface area contributed by atoms with E-state index in [9.17, 15) is 9.59 Å². The van der Waals surface area contributed by atoms with Crippen molar-refractivity contribution in [3.63, 3.8) is 0 Å². The van der Waals surface area contributed by atoms with Crippen LogP contribution in [-0.2, 0) is 11.3 Å². The van der Waals surface area contributed by atoms with Crippen molar-refractivity contribution in [2.45, 2.75) is 51.6 Å². The monoisotopic (exact) mass is 495 g/mol. The number of methoxy groups -OCH3 is 1. The van der Waals surface area contributed by atoms with Crippen LogP contribution in [0.1, 0.15) is 56.5 Å². The Hall–Kier alpha value is -3.93. The van der Waals surface area contributed by atoms with Gasteiger partial charge in [-0.25, -0.2) is 4.98 Å². The van der Waals surface area contributed by atoms with Crippen LogP contribution >= 0.6 is 0 Å². The normalized spacial score (nSPS) is 14.5. The molecule has 190 valence electrons. The van der Waals surface area contributed by atoms with Crippen LogP contribution in [0.3, 0.4) is 0 Å². The molecule has 0 aliphatic heterocycles. The molecule has 1 aliphatic carbocycles. The van der Waals surface area contributed by atoms with Crippen LogP contribution in [-0.4, -0.2) is 27.5 Å². The Morgan fingerprint density at radius 1 is 1.00 bits per heavy atom. The number of hydrogen-bond donors (Lipinski definition) is 0. The van der Waals surface area contributed by atoms with Gasteiger partial charge in [0.25, 0.3) is 5.56 Å². The van der Waals surface area contributed by atoms with Crippen molar-refractivity contribution >= 4 is 16.8 Å². The summed E-state index contributed by atoms with van der Waals surface area (Å²) in [5.41, 5.74) is 2.13. The predicted molar refractivity (Wildman–Crippen MR) is 146 cm³/mol. The summed E-state index contributed by atoms with van der Waals surface area (Å²) >= 11 is 0. The van der Waals surface area contributed by atoms with Gasteiger partial charge in [0.2, 0.25) is 5.91 Å². The van der Waals surface area contributed by atoms with E-state index in [0.717, 1.165) is 31.2 Å². The van der Waals surface area contributed by atoms with E-state index >= 15 is 0 Å². The molecular formula is C31H33N3O3. The number of aromatic nitrogens is 2. The molecule has 0 spiro atoms. The summed E-state index contributed by atoms with van der Waals surface area (Å²) in [6, 6.07) is 24.5. The topological polar surface area (TPSA) is 64.4 Å². The lowest BCUT2D eigenvalue weighted by molar-refractivity contribution is -0.139. The molecule has 37 heavy (non-hydrogen) atoms. The fourth-order valence-corrected chi connectivity index (χ4v) is 5.49. The summed E-state index contributed by atoms with van der Waals surface area (Å²) in [4.78, 5) is 35.0. The summed E-state index contributed by atoms with van der Waals surface area (Å²) in [6.07, 6.45) is 4.58. The number of rotatable bonds is 8. The molecule has 6 nitrogen and oxygen atoms in total. The van der Waals surface area contributed by atoms with Crippen LogP contribution in [0, 0.1) is 5.92 Å². The molecular weight excluding hydrogens is 462 g/mol. The summed E-state index contributed by atoms with van der Waals surface area (Å²) in [5.74, 6) is 1.28. The van der Waals surface area contributed by atoms with Gasteiger partial charge < -0.3 is 9.64 Å². The van der Waals surface area contributed by atoms with E-state index in [0.29, 0.717) is 41.1 Å². The van der Waals surface area contributed by atoms with Crippen LogP contribution < -0.4 is 10.3 Å². The van der Waals surface area contributed by atoms with Gasteiger partial charge in [-0.2, -0.15) is 0 Å². The molecule has 5 rings (SSSR count). The fraction of sp³-hybridized carbons (Fsp3) is 0.323. The third kappa shape index (κ3) is 4.88. The smallest absolute Gasteiger partial charge is 0.266 e. The first-order valence-electron chi connectivity index (χ1n) is 13.1. The van der Waals surface area contributed by atoms with Gasteiger partial charge >= 0.3 is 0 Å². The average Bonchev–Trinajstić information content (AvgIpc) is 3.49. The molecule has 1 aliphatic rings.